The van der Waals surface area contributed by atoms with Crippen molar-refractivity contribution in [3.8, 4) is 0 Å². The van der Waals surface area contributed by atoms with Gasteiger partial charge in [0.15, 0.2) is 9.84 Å². The molecule has 0 saturated heterocycles. The van der Waals surface area contributed by atoms with E-state index in [4.69, 9.17) is 0 Å². The highest BCUT2D eigenvalue weighted by molar-refractivity contribution is 7.91. The van der Waals surface area contributed by atoms with Gasteiger partial charge in [0, 0.05) is 6.04 Å². The summed E-state index contributed by atoms with van der Waals surface area (Å²) in [5, 5.41) is 3.11. The van der Waals surface area contributed by atoms with Crippen molar-refractivity contribution in [1.82, 2.24) is 0 Å². The molecule has 0 fully saturated rings. The minimum absolute atomic E-state index is 0.0507. The van der Waals surface area contributed by atoms with Crippen molar-refractivity contribution in [3.63, 3.8) is 0 Å². The summed E-state index contributed by atoms with van der Waals surface area (Å²) in [5.41, 5.74) is 0.174. The predicted molar refractivity (Wildman–Crippen MR) is 65.3 cm³/mol. The average Bonchev–Trinajstić information content (AvgIpc) is 2.13. The van der Waals surface area contributed by atoms with Crippen molar-refractivity contribution in [2.24, 2.45) is 5.41 Å². The molecule has 1 unspecified atom stereocenters. The maximum absolute atomic E-state index is 13.1. The molecule has 94 valence electrons. The highest BCUT2D eigenvalue weighted by Gasteiger charge is 2.36. The van der Waals surface area contributed by atoms with Crippen molar-refractivity contribution in [1.29, 1.82) is 0 Å². The zero-order chi connectivity index (χ0) is 12.8. The van der Waals surface area contributed by atoms with E-state index in [1.54, 1.807) is 0 Å². The smallest absolute Gasteiger partial charge is 0.182 e. The van der Waals surface area contributed by atoms with E-state index in [1.165, 1.54) is 18.2 Å². The maximum atomic E-state index is 13.1. The minimum atomic E-state index is -3.32. The number of benzene rings is 1. The fraction of sp³-hybridized carbons (Fsp3) is 0.500. The highest BCUT2D eigenvalue weighted by Crippen LogP contribution is 2.34. The number of rotatable bonds is 0. The SMILES string of the molecule is CC(C)(C)C1CS(=O)(=O)c2ccc(F)cc2N1. The molecular weight excluding hydrogens is 241 g/mol. The lowest BCUT2D eigenvalue weighted by Gasteiger charge is -2.36. The molecular formula is C12H16FNO2S. The lowest BCUT2D eigenvalue weighted by atomic mass is 9.87. The van der Waals surface area contributed by atoms with E-state index in [9.17, 15) is 12.8 Å². The zero-order valence-corrected chi connectivity index (χ0v) is 10.9. The molecule has 2 rings (SSSR count). The third kappa shape index (κ3) is 2.29. The van der Waals surface area contributed by atoms with Crippen molar-refractivity contribution in [2.45, 2.75) is 31.7 Å². The first-order valence-electron chi connectivity index (χ1n) is 5.49. The molecule has 0 radical (unpaired) electrons. The van der Waals surface area contributed by atoms with E-state index in [0.29, 0.717) is 5.69 Å². The summed E-state index contributed by atoms with van der Waals surface area (Å²) < 4.78 is 37.3. The van der Waals surface area contributed by atoms with E-state index in [1.807, 2.05) is 20.8 Å². The Morgan fingerprint density at radius 3 is 2.59 bits per heavy atom. The molecule has 1 N–H and O–H groups in total. The summed E-state index contributed by atoms with van der Waals surface area (Å²) in [4.78, 5) is 0.194. The van der Waals surface area contributed by atoms with E-state index >= 15 is 0 Å². The normalized spacial score (nSPS) is 22.7. The Morgan fingerprint density at radius 1 is 1.35 bits per heavy atom. The van der Waals surface area contributed by atoms with Gasteiger partial charge < -0.3 is 5.32 Å². The Balaban J connectivity index is 2.53. The van der Waals surface area contributed by atoms with Crippen LogP contribution in [0.3, 0.4) is 0 Å². The molecule has 0 aliphatic carbocycles. The van der Waals surface area contributed by atoms with Gasteiger partial charge in [0.25, 0.3) is 0 Å². The Labute approximate surface area is 101 Å². The molecule has 1 aliphatic rings. The van der Waals surface area contributed by atoms with Gasteiger partial charge in [-0.05, 0) is 23.6 Å². The number of anilines is 1. The van der Waals surface area contributed by atoms with Crippen molar-refractivity contribution >= 4 is 15.5 Å². The predicted octanol–water partition coefficient (Wildman–Crippen LogP) is 2.44. The second-order valence-electron chi connectivity index (χ2n) is 5.48. The molecule has 3 nitrogen and oxygen atoms in total. The van der Waals surface area contributed by atoms with Gasteiger partial charge in [-0.1, -0.05) is 20.8 Å². The van der Waals surface area contributed by atoms with Gasteiger partial charge in [0.05, 0.1) is 16.3 Å². The summed E-state index contributed by atoms with van der Waals surface area (Å²) in [5.74, 6) is -0.379. The van der Waals surface area contributed by atoms with Gasteiger partial charge in [0.1, 0.15) is 5.82 Å². The summed E-state index contributed by atoms with van der Waals surface area (Å²) in [6.07, 6.45) is 0. The first kappa shape index (κ1) is 12.4. The summed E-state index contributed by atoms with van der Waals surface area (Å²) in [7, 11) is -3.32. The molecule has 0 bridgehead atoms. The fourth-order valence-corrected chi connectivity index (χ4v) is 3.82. The third-order valence-corrected chi connectivity index (χ3v) is 4.84. The van der Waals surface area contributed by atoms with Crippen LogP contribution in [0.1, 0.15) is 20.8 Å². The Hall–Kier alpha value is -1.10. The van der Waals surface area contributed by atoms with Crippen LogP contribution in [0.5, 0.6) is 0 Å². The number of hydrogen-bond acceptors (Lipinski definition) is 3. The Bertz CT molecular complexity index is 546. The molecule has 1 heterocycles. The van der Waals surface area contributed by atoms with Gasteiger partial charge in [-0.15, -0.1) is 0 Å². The Kier molecular flexibility index (Phi) is 2.69. The molecule has 1 aromatic rings. The van der Waals surface area contributed by atoms with Crippen molar-refractivity contribution in [2.75, 3.05) is 11.1 Å². The molecule has 0 saturated carbocycles. The molecule has 0 aromatic heterocycles. The monoisotopic (exact) mass is 257 g/mol. The maximum Gasteiger partial charge on any atom is 0.182 e. The molecule has 17 heavy (non-hydrogen) atoms. The standard InChI is InChI=1S/C12H16FNO2S/c1-12(2,3)11-7-17(15,16)10-5-4-8(13)6-9(10)14-11/h4-6,11,14H,7H2,1-3H3. The third-order valence-electron chi connectivity index (χ3n) is 3.04. The fourth-order valence-electron chi connectivity index (χ4n) is 1.89. The average molecular weight is 257 g/mol. The zero-order valence-electron chi connectivity index (χ0n) is 10.1. The van der Waals surface area contributed by atoms with Crippen LogP contribution in [-0.4, -0.2) is 20.2 Å². The van der Waals surface area contributed by atoms with Crippen LogP contribution in [0.4, 0.5) is 10.1 Å². The molecule has 1 aliphatic heterocycles. The van der Waals surface area contributed by atoms with Gasteiger partial charge in [-0.2, -0.15) is 0 Å². The topological polar surface area (TPSA) is 46.2 Å². The molecule has 1 atom stereocenters. The van der Waals surface area contributed by atoms with E-state index in [-0.39, 0.29) is 22.1 Å². The lowest BCUT2D eigenvalue weighted by molar-refractivity contribution is 0.356. The second kappa shape index (κ2) is 3.70. The van der Waals surface area contributed by atoms with Crippen LogP contribution in [0.25, 0.3) is 0 Å². The first-order chi connectivity index (χ1) is 7.70. The number of halogens is 1. The molecule has 0 amide bonds. The summed E-state index contributed by atoms with van der Waals surface area (Å²) >= 11 is 0. The summed E-state index contributed by atoms with van der Waals surface area (Å²) in [6, 6.07) is 3.54. The van der Waals surface area contributed by atoms with Crippen LogP contribution in [-0.2, 0) is 9.84 Å². The molecule has 5 heteroatoms. The minimum Gasteiger partial charge on any atom is -0.380 e. The van der Waals surface area contributed by atoms with Gasteiger partial charge in [-0.25, -0.2) is 12.8 Å². The van der Waals surface area contributed by atoms with Gasteiger partial charge >= 0.3 is 0 Å². The number of sulfone groups is 1. The Morgan fingerprint density at radius 2 is 2.00 bits per heavy atom. The summed E-state index contributed by atoms with van der Waals surface area (Å²) in [6.45, 7) is 5.89. The van der Waals surface area contributed by atoms with Crippen molar-refractivity contribution in [3.05, 3.63) is 24.0 Å². The molecule has 0 spiro atoms. The van der Waals surface area contributed by atoms with E-state index in [0.717, 1.165) is 0 Å². The first-order valence-corrected chi connectivity index (χ1v) is 7.14. The second-order valence-corrected chi connectivity index (χ2v) is 7.49. The van der Waals surface area contributed by atoms with Crippen LogP contribution >= 0.6 is 0 Å². The quantitative estimate of drug-likeness (QED) is 0.726. The van der Waals surface area contributed by atoms with Crippen LogP contribution in [0.2, 0.25) is 0 Å². The largest absolute Gasteiger partial charge is 0.380 e. The highest BCUT2D eigenvalue weighted by atomic mass is 32.2. The number of nitrogens with one attached hydrogen (secondary N) is 1. The number of fused-ring (bicyclic) bond motifs is 1. The molecule has 1 aromatic carbocycles. The van der Waals surface area contributed by atoms with Crippen LogP contribution < -0.4 is 5.32 Å². The lowest BCUT2D eigenvalue weighted by Crippen LogP contribution is -2.43. The van der Waals surface area contributed by atoms with Crippen molar-refractivity contribution < 1.29 is 12.8 Å². The number of hydrogen-bond donors (Lipinski definition) is 1. The van der Waals surface area contributed by atoms with Gasteiger partial charge in [-0.3, -0.25) is 0 Å². The van der Waals surface area contributed by atoms with Crippen LogP contribution in [0.15, 0.2) is 23.1 Å². The van der Waals surface area contributed by atoms with Gasteiger partial charge in [0.2, 0.25) is 0 Å². The van der Waals surface area contributed by atoms with E-state index in [2.05, 4.69) is 5.32 Å². The van der Waals surface area contributed by atoms with E-state index < -0.39 is 15.7 Å². The van der Waals surface area contributed by atoms with Crippen LogP contribution in [0, 0.1) is 11.2 Å².